The summed E-state index contributed by atoms with van der Waals surface area (Å²) in [6.07, 6.45) is -2.45. The van der Waals surface area contributed by atoms with Crippen molar-refractivity contribution in [3.63, 3.8) is 0 Å². The number of thiol groups is 1. The molecule has 58 heavy (non-hydrogen) atoms. The normalized spacial score (nSPS) is 24.6. The summed E-state index contributed by atoms with van der Waals surface area (Å²) in [5, 5.41) is 18.3. The molecule has 23 nitrogen and oxygen atoms in total. The first-order valence-corrected chi connectivity index (χ1v) is 20.3. The molecule has 5 heterocycles. The number of H-pyrrole nitrogens is 1. The molecular weight excluding hydrogens is 807 g/mol. The number of carbonyl (C=O) groups excluding carboxylic acids is 3. The summed E-state index contributed by atoms with van der Waals surface area (Å²) in [7, 11) is -5.03. The van der Waals surface area contributed by atoms with E-state index in [2.05, 4.69) is 43.5 Å². The predicted molar refractivity (Wildman–Crippen MR) is 206 cm³/mol. The van der Waals surface area contributed by atoms with E-state index < -0.39 is 105 Å². The van der Waals surface area contributed by atoms with Gasteiger partial charge in [0.05, 0.1) is 44.0 Å². The lowest BCUT2D eigenvalue weighted by atomic mass is 9.82. The Balaban J connectivity index is 1.30. The van der Waals surface area contributed by atoms with E-state index in [9.17, 15) is 38.5 Å². The monoisotopic (exact) mass is 855 g/mol. The molecule has 8 N–H and O–H groups in total. The van der Waals surface area contributed by atoms with Crippen LogP contribution in [0, 0.1) is 18.3 Å². The van der Waals surface area contributed by atoms with E-state index in [1.54, 1.807) is 4.57 Å². The van der Waals surface area contributed by atoms with Gasteiger partial charge in [0.2, 0.25) is 17.7 Å². The van der Waals surface area contributed by atoms with E-state index in [1.807, 2.05) is 39.6 Å². The third-order valence-electron chi connectivity index (χ3n) is 10.1. The van der Waals surface area contributed by atoms with Crippen LogP contribution in [0.4, 0.5) is 5.82 Å². The predicted octanol–water partition coefficient (Wildman–Crippen LogP) is -1.44. The second-order valence-corrected chi connectivity index (χ2v) is 16.1. The zero-order chi connectivity index (χ0) is 42.5. The summed E-state index contributed by atoms with van der Waals surface area (Å²) in [6.45, 7) is 8.09. The van der Waals surface area contributed by atoms with Gasteiger partial charge in [0.15, 0.2) is 17.7 Å². The number of ether oxygens (including phenoxy) is 3. The molecule has 2 saturated heterocycles. The van der Waals surface area contributed by atoms with Gasteiger partial charge < -0.3 is 45.9 Å². The van der Waals surface area contributed by atoms with E-state index in [-0.39, 0.29) is 30.0 Å². The summed E-state index contributed by atoms with van der Waals surface area (Å²) in [6, 6.07) is -0.413. The second kappa shape index (κ2) is 18.8. The Morgan fingerprint density at radius 2 is 1.72 bits per heavy atom. The van der Waals surface area contributed by atoms with Gasteiger partial charge in [-0.25, -0.2) is 24.3 Å². The highest BCUT2D eigenvalue weighted by molar-refractivity contribution is 7.81. The average Bonchev–Trinajstić information content (AvgIpc) is 3.86. The van der Waals surface area contributed by atoms with Gasteiger partial charge in [0, 0.05) is 18.7 Å². The molecule has 5 rings (SSSR count). The number of nitrogens with zero attached hydrogens (tertiary/aromatic N) is 5. The molecule has 0 bridgehead atoms. The number of aliphatic hydroxyl groups excluding tert-OH is 1. The summed E-state index contributed by atoms with van der Waals surface area (Å²) in [4.78, 5) is 86.4. The summed E-state index contributed by atoms with van der Waals surface area (Å²) < 4.78 is 45.5. The molecule has 0 aliphatic carbocycles. The van der Waals surface area contributed by atoms with Gasteiger partial charge in [-0.2, -0.15) is 12.6 Å². The number of phosphoric acid groups is 1. The molecular formula is C33H48N10O13PS. The van der Waals surface area contributed by atoms with Crippen LogP contribution in [0.1, 0.15) is 47.1 Å². The van der Waals surface area contributed by atoms with Gasteiger partial charge in [-0.1, -0.05) is 27.7 Å². The molecule has 3 aromatic rings. The zero-order valence-corrected chi connectivity index (χ0v) is 34.0. The van der Waals surface area contributed by atoms with Crippen LogP contribution < -0.4 is 32.9 Å². The Kier molecular flexibility index (Phi) is 14.5. The molecule has 1 radical (unpaired) electrons. The van der Waals surface area contributed by atoms with Crippen LogP contribution in [0.2, 0.25) is 0 Å². The first-order chi connectivity index (χ1) is 27.3. The van der Waals surface area contributed by atoms with Crippen molar-refractivity contribution in [2.45, 2.75) is 83.1 Å². The molecule has 25 heteroatoms. The minimum Gasteiger partial charge on any atom is -0.388 e. The SMILES string of the molecule is CC(C)C(C)(OC[C@H]1O[C@@H](n2cnc3c(N)ncnc32)[CH][C@@H]1OP(=O)(O)OC[C@H]1O[C@@H](n2ccc(=O)[nH]c2=O)[C@H](NC(=O)CNC(=O)CNC(=O)CS)[C@@H]1O)C(C)C. The number of carbonyl (C=O) groups is 3. The van der Waals surface area contributed by atoms with Crippen molar-refractivity contribution in [2.24, 2.45) is 11.8 Å². The zero-order valence-electron chi connectivity index (χ0n) is 32.2. The number of rotatable bonds is 18. The number of aromatic amines is 1. The van der Waals surface area contributed by atoms with Gasteiger partial charge in [0.1, 0.15) is 48.5 Å². The van der Waals surface area contributed by atoms with Crippen molar-refractivity contribution in [3.05, 3.63) is 52.2 Å². The fraction of sp³-hybridized carbons (Fsp3) is 0.606. The topological polar surface area (TPSA) is 315 Å². The third kappa shape index (κ3) is 10.5. The Morgan fingerprint density at radius 1 is 1.03 bits per heavy atom. The molecule has 2 aliphatic rings. The number of nitrogen functional groups attached to an aromatic ring is 1. The van der Waals surface area contributed by atoms with E-state index in [4.69, 9.17) is 29.0 Å². The highest BCUT2D eigenvalue weighted by Gasteiger charge is 2.48. The number of aromatic nitrogens is 6. The molecule has 1 unspecified atom stereocenters. The number of imidazole rings is 1. The smallest absolute Gasteiger partial charge is 0.388 e. The number of nitrogens with two attached hydrogens (primary N) is 1. The average molecular weight is 856 g/mol. The molecule has 319 valence electrons. The molecule has 0 saturated carbocycles. The van der Waals surface area contributed by atoms with Crippen molar-refractivity contribution in [3.8, 4) is 0 Å². The Bertz CT molecular complexity index is 2110. The van der Waals surface area contributed by atoms with Crippen molar-refractivity contribution < 1.29 is 52.2 Å². The van der Waals surface area contributed by atoms with E-state index in [0.29, 0.717) is 11.2 Å². The maximum Gasteiger partial charge on any atom is 0.472 e. The molecule has 3 aromatic heterocycles. The van der Waals surface area contributed by atoms with Crippen LogP contribution in [0.25, 0.3) is 11.2 Å². The minimum absolute atomic E-state index is 0.0690. The largest absolute Gasteiger partial charge is 0.472 e. The first kappa shape index (κ1) is 44.8. The van der Waals surface area contributed by atoms with Gasteiger partial charge >= 0.3 is 13.5 Å². The molecule has 0 aromatic carbocycles. The van der Waals surface area contributed by atoms with Crippen LogP contribution in [0.3, 0.4) is 0 Å². The lowest BCUT2D eigenvalue weighted by molar-refractivity contribution is -0.143. The van der Waals surface area contributed by atoms with Crippen LogP contribution in [-0.2, 0) is 42.2 Å². The first-order valence-electron chi connectivity index (χ1n) is 18.1. The highest BCUT2D eigenvalue weighted by Crippen LogP contribution is 2.49. The van der Waals surface area contributed by atoms with Gasteiger partial charge in [-0.05, 0) is 18.8 Å². The van der Waals surface area contributed by atoms with E-state index >= 15 is 0 Å². The van der Waals surface area contributed by atoms with Crippen LogP contribution in [0.15, 0.2) is 34.5 Å². The van der Waals surface area contributed by atoms with Crippen molar-refractivity contribution in [1.82, 2.24) is 45.0 Å². The summed E-state index contributed by atoms with van der Waals surface area (Å²) >= 11 is 3.79. The van der Waals surface area contributed by atoms with Crippen LogP contribution in [-0.4, -0.2) is 125 Å². The lowest BCUT2D eigenvalue weighted by Crippen LogP contribution is -2.51. The lowest BCUT2D eigenvalue weighted by Gasteiger charge is -2.39. The Morgan fingerprint density at radius 3 is 2.40 bits per heavy atom. The summed E-state index contributed by atoms with van der Waals surface area (Å²) in [5.74, 6) is -1.92. The van der Waals surface area contributed by atoms with Crippen molar-refractivity contribution >= 4 is 55.2 Å². The summed E-state index contributed by atoms with van der Waals surface area (Å²) in [5.41, 5.74) is 4.30. The van der Waals surface area contributed by atoms with Gasteiger partial charge in [0.25, 0.3) is 5.56 Å². The van der Waals surface area contributed by atoms with E-state index in [0.717, 1.165) is 16.8 Å². The second-order valence-electron chi connectivity index (χ2n) is 14.4. The van der Waals surface area contributed by atoms with Crippen molar-refractivity contribution in [1.29, 1.82) is 0 Å². The van der Waals surface area contributed by atoms with Gasteiger partial charge in [-0.3, -0.25) is 42.3 Å². The maximum atomic E-state index is 13.6. The third-order valence-corrected chi connectivity index (χ3v) is 11.3. The number of hydrogen-bond acceptors (Lipinski definition) is 17. The number of phosphoric ester groups is 1. The Hall–Kier alpha value is -4.26. The Labute approximate surface area is 336 Å². The maximum absolute atomic E-state index is 13.6. The van der Waals surface area contributed by atoms with Crippen LogP contribution in [0.5, 0.6) is 0 Å². The number of anilines is 1. The minimum atomic E-state index is -5.03. The number of aliphatic hydroxyl groups is 1. The molecule has 8 atom stereocenters. The number of nitrogens with one attached hydrogen (secondary N) is 4. The number of fused-ring (bicyclic) bond motifs is 1. The molecule has 3 amide bonds. The number of hydrogen-bond donors (Lipinski definition) is 8. The van der Waals surface area contributed by atoms with Crippen molar-refractivity contribution in [2.75, 3.05) is 37.8 Å². The van der Waals surface area contributed by atoms with Gasteiger partial charge in [-0.15, -0.1) is 0 Å². The fourth-order valence-electron chi connectivity index (χ4n) is 6.27. The van der Waals surface area contributed by atoms with E-state index in [1.165, 1.54) is 19.1 Å². The fourth-order valence-corrected chi connectivity index (χ4v) is 7.29. The quantitative estimate of drug-likeness (QED) is 0.0536. The standard InChI is InChI=1S/C33H48N10O13PS/c1-16(2)33(5,17(3)4)52-11-19-18(8-25(54-19)43-15-39-27-29(34)37-14-38-30(27)43)56-57(50,51)53-12-20-28(48)26(31(55-20)42-7-6-21(44)41-32(42)49)40-23(46)10-35-22(45)9-36-24(47)13-58/h6-8,14-20,25-26,28,31,48,58H,9-13H2,1-5H3,(H,35,45)(H,36,47)(H,40,46)(H,50,51)(H2,34,37,38)(H,41,44,49)/t18-,19+,20+,25+,26+,28+,31+/m0/s1. The molecule has 2 fully saturated rings. The number of amides is 3. The van der Waals surface area contributed by atoms with Crippen LogP contribution >= 0.6 is 20.5 Å². The molecule has 0 spiro atoms. The molecule has 2 aliphatic heterocycles. The highest BCUT2D eigenvalue weighted by atomic mass is 32.1.